The quantitative estimate of drug-likeness (QED) is 0.851. The van der Waals surface area contributed by atoms with Crippen molar-refractivity contribution in [2.24, 2.45) is 5.14 Å². The average molecular weight is 237 g/mol. The minimum absolute atomic E-state index is 0.111. The number of rotatable bonds is 4. The Bertz CT molecular complexity index is 433. The largest absolute Gasteiger partial charge is 0.435 e. The highest BCUT2D eigenvalue weighted by atomic mass is 32.2. The molecule has 2 N–H and O–H groups in total. The third-order valence-electron chi connectivity index (χ3n) is 1.55. The lowest BCUT2D eigenvalue weighted by atomic mass is 10.2. The summed E-state index contributed by atoms with van der Waals surface area (Å²) in [7, 11) is -3.76. The van der Waals surface area contributed by atoms with E-state index in [0.29, 0.717) is 0 Å². The lowest BCUT2D eigenvalue weighted by Gasteiger charge is -2.09. The van der Waals surface area contributed by atoms with Gasteiger partial charge in [-0.05, 0) is 6.07 Å². The molecule has 0 unspecified atom stereocenters. The van der Waals surface area contributed by atoms with Gasteiger partial charge in [-0.15, -0.1) is 0 Å². The van der Waals surface area contributed by atoms with Gasteiger partial charge in [0.25, 0.3) is 0 Å². The molecule has 1 aromatic carbocycles. The molecule has 0 spiro atoms. The molecule has 0 saturated heterocycles. The molecule has 4 nitrogen and oxygen atoms in total. The molecular weight excluding hydrogens is 228 g/mol. The van der Waals surface area contributed by atoms with Crippen LogP contribution in [0.4, 0.5) is 8.78 Å². The molecule has 0 aliphatic rings. The van der Waals surface area contributed by atoms with Crippen LogP contribution >= 0.6 is 0 Å². The van der Waals surface area contributed by atoms with E-state index in [2.05, 4.69) is 4.74 Å². The van der Waals surface area contributed by atoms with Gasteiger partial charge in [-0.25, -0.2) is 13.6 Å². The fourth-order valence-electron chi connectivity index (χ4n) is 1.05. The Hall–Kier alpha value is -1.21. The number of ether oxygens (including phenoxy) is 1. The van der Waals surface area contributed by atoms with Gasteiger partial charge in [0.05, 0.1) is 5.75 Å². The summed E-state index contributed by atoms with van der Waals surface area (Å²) in [6.07, 6.45) is 0. The smallest absolute Gasteiger partial charge is 0.387 e. The number of hydrogen-bond donors (Lipinski definition) is 1. The van der Waals surface area contributed by atoms with Gasteiger partial charge in [-0.2, -0.15) is 8.78 Å². The fraction of sp³-hybridized carbons (Fsp3) is 0.250. The van der Waals surface area contributed by atoms with Gasteiger partial charge in [-0.3, -0.25) is 0 Å². The number of primary sulfonamides is 1. The topological polar surface area (TPSA) is 69.4 Å². The molecular formula is C8H9F2NO3S. The lowest BCUT2D eigenvalue weighted by molar-refractivity contribution is -0.0503. The van der Waals surface area contributed by atoms with Crippen LogP contribution in [0.15, 0.2) is 24.3 Å². The molecule has 0 radical (unpaired) electrons. The summed E-state index contributed by atoms with van der Waals surface area (Å²) in [4.78, 5) is 0. The Morgan fingerprint density at radius 3 is 2.47 bits per heavy atom. The van der Waals surface area contributed by atoms with Crippen LogP contribution in [0.25, 0.3) is 0 Å². The van der Waals surface area contributed by atoms with E-state index in [0.717, 1.165) is 0 Å². The van der Waals surface area contributed by atoms with Gasteiger partial charge in [0.1, 0.15) is 5.75 Å². The normalized spacial score (nSPS) is 11.7. The third-order valence-corrected chi connectivity index (χ3v) is 2.26. The maximum Gasteiger partial charge on any atom is 0.387 e. The molecule has 84 valence electrons. The van der Waals surface area contributed by atoms with Crippen molar-refractivity contribution in [1.82, 2.24) is 0 Å². The highest BCUT2D eigenvalue weighted by Gasteiger charge is 2.13. The summed E-state index contributed by atoms with van der Waals surface area (Å²) in [5, 5.41) is 4.80. The van der Waals surface area contributed by atoms with Gasteiger partial charge in [-0.1, -0.05) is 18.2 Å². The monoisotopic (exact) mass is 237 g/mol. The maximum absolute atomic E-state index is 11.9. The summed E-state index contributed by atoms with van der Waals surface area (Å²) in [6, 6.07) is 5.60. The van der Waals surface area contributed by atoms with E-state index in [-0.39, 0.29) is 11.3 Å². The Labute approximate surface area is 85.7 Å². The molecule has 0 aliphatic heterocycles. The van der Waals surface area contributed by atoms with Crippen molar-refractivity contribution in [2.75, 3.05) is 0 Å². The van der Waals surface area contributed by atoms with E-state index < -0.39 is 22.4 Å². The van der Waals surface area contributed by atoms with E-state index in [1.165, 1.54) is 24.3 Å². The van der Waals surface area contributed by atoms with Crippen molar-refractivity contribution in [1.29, 1.82) is 0 Å². The van der Waals surface area contributed by atoms with Crippen molar-refractivity contribution >= 4 is 10.0 Å². The van der Waals surface area contributed by atoms with E-state index in [9.17, 15) is 17.2 Å². The second kappa shape index (κ2) is 4.54. The zero-order valence-corrected chi connectivity index (χ0v) is 8.38. The number of alkyl halides is 2. The van der Waals surface area contributed by atoms with Gasteiger partial charge >= 0.3 is 6.61 Å². The van der Waals surface area contributed by atoms with E-state index >= 15 is 0 Å². The predicted octanol–water partition coefficient (Wildman–Crippen LogP) is 1.08. The van der Waals surface area contributed by atoms with E-state index in [1.807, 2.05) is 0 Å². The predicted molar refractivity (Wildman–Crippen MR) is 49.9 cm³/mol. The van der Waals surface area contributed by atoms with Crippen LogP contribution in [0, 0.1) is 0 Å². The SMILES string of the molecule is NS(=O)(=O)Cc1ccccc1OC(F)F. The number of halogens is 2. The van der Waals surface area contributed by atoms with Gasteiger partial charge in [0, 0.05) is 5.56 Å². The highest BCUT2D eigenvalue weighted by Crippen LogP contribution is 2.21. The number of hydrogen-bond acceptors (Lipinski definition) is 3. The Morgan fingerprint density at radius 2 is 1.93 bits per heavy atom. The molecule has 15 heavy (non-hydrogen) atoms. The summed E-state index contributed by atoms with van der Waals surface area (Å²) >= 11 is 0. The molecule has 0 saturated carbocycles. The van der Waals surface area contributed by atoms with Crippen LogP contribution in [0.2, 0.25) is 0 Å². The second-order valence-electron chi connectivity index (χ2n) is 2.79. The molecule has 1 rings (SSSR count). The molecule has 0 aliphatic carbocycles. The van der Waals surface area contributed by atoms with Gasteiger partial charge < -0.3 is 4.74 Å². The number of benzene rings is 1. The maximum atomic E-state index is 11.9. The van der Waals surface area contributed by atoms with Gasteiger partial charge in [0.15, 0.2) is 0 Å². The summed E-state index contributed by atoms with van der Waals surface area (Å²) in [6.45, 7) is -2.99. The number of nitrogens with two attached hydrogens (primary N) is 1. The van der Waals surface area contributed by atoms with Crippen molar-refractivity contribution in [3.05, 3.63) is 29.8 Å². The molecule has 0 amide bonds. The molecule has 0 bridgehead atoms. The summed E-state index contributed by atoms with van der Waals surface area (Å²) in [5.41, 5.74) is 0.111. The minimum atomic E-state index is -3.76. The number of sulfonamides is 1. The van der Waals surface area contributed by atoms with Crippen molar-refractivity contribution in [3.63, 3.8) is 0 Å². The molecule has 0 fully saturated rings. The Balaban J connectivity index is 2.96. The van der Waals surface area contributed by atoms with E-state index in [1.54, 1.807) is 0 Å². The minimum Gasteiger partial charge on any atom is -0.435 e. The highest BCUT2D eigenvalue weighted by molar-refractivity contribution is 7.88. The van der Waals surface area contributed by atoms with Crippen LogP contribution in [-0.4, -0.2) is 15.0 Å². The fourth-order valence-corrected chi connectivity index (χ4v) is 1.72. The van der Waals surface area contributed by atoms with Crippen molar-refractivity contribution in [3.8, 4) is 5.75 Å². The molecule has 7 heteroatoms. The first-order valence-corrected chi connectivity index (χ1v) is 5.63. The lowest BCUT2D eigenvalue weighted by Crippen LogP contribution is -2.15. The number of para-hydroxylation sites is 1. The first-order chi connectivity index (χ1) is 6.88. The molecule has 0 aromatic heterocycles. The Kier molecular flexibility index (Phi) is 3.59. The first kappa shape index (κ1) is 11.9. The van der Waals surface area contributed by atoms with Crippen LogP contribution in [0.3, 0.4) is 0 Å². The van der Waals surface area contributed by atoms with E-state index in [4.69, 9.17) is 5.14 Å². The average Bonchev–Trinajstić information content (AvgIpc) is 2.05. The van der Waals surface area contributed by atoms with Crippen LogP contribution in [0.1, 0.15) is 5.56 Å². The van der Waals surface area contributed by atoms with Crippen molar-refractivity contribution < 1.29 is 21.9 Å². The zero-order chi connectivity index (χ0) is 11.5. The summed E-state index contributed by atoms with van der Waals surface area (Å²) < 4.78 is 49.5. The molecule has 0 atom stereocenters. The zero-order valence-electron chi connectivity index (χ0n) is 7.56. The summed E-state index contributed by atoms with van der Waals surface area (Å²) in [5.74, 6) is -0.711. The molecule has 1 aromatic rings. The standard InChI is InChI=1S/C8H9F2NO3S/c9-8(10)14-7-4-2-1-3-6(7)5-15(11,12)13/h1-4,8H,5H2,(H2,11,12,13). The van der Waals surface area contributed by atoms with Crippen LogP contribution in [-0.2, 0) is 15.8 Å². The van der Waals surface area contributed by atoms with Crippen LogP contribution < -0.4 is 9.88 Å². The Morgan fingerprint density at radius 1 is 1.33 bits per heavy atom. The van der Waals surface area contributed by atoms with Crippen molar-refractivity contribution in [2.45, 2.75) is 12.4 Å². The molecule has 0 heterocycles. The first-order valence-electron chi connectivity index (χ1n) is 3.91. The van der Waals surface area contributed by atoms with Crippen LogP contribution in [0.5, 0.6) is 5.75 Å². The van der Waals surface area contributed by atoms with Gasteiger partial charge in [0.2, 0.25) is 10.0 Å². The third kappa shape index (κ3) is 4.22. The second-order valence-corrected chi connectivity index (χ2v) is 4.41.